The molecular formula is C17H16ClN5O3. The van der Waals surface area contributed by atoms with Gasteiger partial charge < -0.3 is 4.90 Å². The smallest absolute Gasteiger partial charge is 0.269 e. The minimum Gasteiger partial charge on any atom is -0.337 e. The Labute approximate surface area is 154 Å². The van der Waals surface area contributed by atoms with Crippen LogP contribution in [0.15, 0.2) is 30.5 Å². The number of amides is 1. The fourth-order valence-corrected chi connectivity index (χ4v) is 2.95. The summed E-state index contributed by atoms with van der Waals surface area (Å²) in [6.07, 6.45) is 1.50. The highest BCUT2D eigenvalue weighted by Gasteiger charge is 2.18. The Bertz CT molecular complexity index is 1030. The lowest BCUT2D eigenvalue weighted by molar-refractivity contribution is -0.384. The van der Waals surface area contributed by atoms with Crippen LogP contribution in [0, 0.1) is 17.0 Å². The van der Waals surface area contributed by atoms with E-state index in [0.29, 0.717) is 21.8 Å². The second-order valence-electron chi connectivity index (χ2n) is 6.00. The number of rotatable bonds is 4. The lowest BCUT2D eigenvalue weighted by Crippen LogP contribution is -2.26. The predicted molar refractivity (Wildman–Crippen MR) is 97.1 cm³/mol. The van der Waals surface area contributed by atoms with Crippen LogP contribution in [0.5, 0.6) is 0 Å². The average molecular weight is 374 g/mol. The molecule has 26 heavy (non-hydrogen) atoms. The average Bonchev–Trinajstić information content (AvgIpc) is 2.89. The first-order valence-electron chi connectivity index (χ1n) is 7.75. The lowest BCUT2D eigenvalue weighted by Gasteiger charge is -2.18. The zero-order chi connectivity index (χ0) is 19.0. The van der Waals surface area contributed by atoms with E-state index in [-0.39, 0.29) is 18.1 Å². The molecule has 0 spiro atoms. The highest BCUT2D eigenvalue weighted by atomic mass is 35.5. The van der Waals surface area contributed by atoms with Gasteiger partial charge in [-0.2, -0.15) is 5.10 Å². The standard InChI is InChI=1S/C17H16ClN5O3/c1-10-14-7-11(8-19-16(14)22(3)20-10)17(24)21(2)9-12-6-13(23(25)26)4-5-15(12)18/h4-8H,9H2,1-3H3. The van der Waals surface area contributed by atoms with E-state index in [1.807, 2.05) is 6.92 Å². The normalized spacial score (nSPS) is 10.9. The number of nitrogens with zero attached hydrogens (tertiary/aromatic N) is 5. The first-order valence-corrected chi connectivity index (χ1v) is 8.13. The molecule has 3 rings (SSSR count). The van der Waals surface area contributed by atoms with Gasteiger partial charge in [0.15, 0.2) is 5.65 Å². The van der Waals surface area contributed by atoms with Crippen LogP contribution in [-0.4, -0.2) is 37.5 Å². The fraction of sp³-hybridized carbons (Fsp3) is 0.235. The number of benzene rings is 1. The molecule has 0 radical (unpaired) electrons. The molecule has 0 aliphatic carbocycles. The molecule has 0 bridgehead atoms. The summed E-state index contributed by atoms with van der Waals surface area (Å²) in [4.78, 5) is 28.9. The number of carbonyl (C=O) groups excluding carboxylic acids is 1. The molecule has 0 saturated carbocycles. The van der Waals surface area contributed by atoms with Gasteiger partial charge in [-0.05, 0) is 24.6 Å². The molecule has 0 atom stereocenters. The van der Waals surface area contributed by atoms with Crippen LogP contribution < -0.4 is 0 Å². The van der Waals surface area contributed by atoms with Gasteiger partial charge in [-0.25, -0.2) is 4.98 Å². The Morgan fingerprint density at radius 3 is 2.81 bits per heavy atom. The van der Waals surface area contributed by atoms with E-state index >= 15 is 0 Å². The van der Waals surface area contributed by atoms with Crippen molar-refractivity contribution in [2.45, 2.75) is 13.5 Å². The minimum absolute atomic E-state index is 0.0701. The maximum atomic E-state index is 12.7. The van der Waals surface area contributed by atoms with Crippen molar-refractivity contribution in [3.05, 3.63) is 62.4 Å². The molecule has 0 saturated heterocycles. The lowest BCUT2D eigenvalue weighted by atomic mass is 10.1. The van der Waals surface area contributed by atoms with Crippen molar-refractivity contribution in [1.82, 2.24) is 19.7 Å². The maximum absolute atomic E-state index is 12.7. The van der Waals surface area contributed by atoms with Crippen molar-refractivity contribution < 1.29 is 9.72 Å². The first kappa shape index (κ1) is 17.8. The monoisotopic (exact) mass is 373 g/mol. The van der Waals surface area contributed by atoms with Crippen molar-refractivity contribution in [2.75, 3.05) is 7.05 Å². The summed E-state index contributed by atoms with van der Waals surface area (Å²) >= 11 is 6.11. The summed E-state index contributed by atoms with van der Waals surface area (Å²) in [5.41, 5.74) is 2.33. The molecule has 2 aromatic heterocycles. The number of nitro benzene ring substituents is 1. The topological polar surface area (TPSA) is 94.2 Å². The van der Waals surface area contributed by atoms with Crippen LogP contribution in [0.3, 0.4) is 0 Å². The van der Waals surface area contributed by atoms with Crippen LogP contribution in [-0.2, 0) is 13.6 Å². The van der Waals surface area contributed by atoms with E-state index in [4.69, 9.17) is 11.6 Å². The number of carbonyl (C=O) groups is 1. The molecule has 2 heterocycles. The Hall–Kier alpha value is -3.00. The van der Waals surface area contributed by atoms with Gasteiger partial charge in [0.2, 0.25) is 0 Å². The van der Waals surface area contributed by atoms with Gasteiger partial charge in [0.05, 0.1) is 16.2 Å². The van der Waals surface area contributed by atoms with Gasteiger partial charge in [0, 0.05) is 49.4 Å². The Morgan fingerprint density at radius 2 is 2.12 bits per heavy atom. The number of fused-ring (bicyclic) bond motifs is 1. The number of pyridine rings is 1. The number of hydrogen-bond acceptors (Lipinski definition) is 5. The van der Waals surface area contributed by atoms with Crippen molar-refractivity contribution in [3.63, 3.8) is 0 Å². The van der Waals surface area contributed by atoms with Crippen molar-refractivity contribution in [2.24, 2.45) is 7.05 Å². The largest absolute Gasteiger partial charge is 0.337 e. The van der Waals surface area contributed by atoms with Crippen molar-refractivity contribution >= 4 is 34.2 Å². The molecule has 0 unspecified atom stereocenters. The third-order valence-corrected chi connectivity index (χ3v) is 4.47. The molecule has 134 valence electrons. The Morgan fingerprint density at radius 1 is 1.38 bits per heavy atom. The summed E-state index contributed by atoms with van der Waals surface area (Å²) in [7, 11) is 3.40. The third-order valence-electron chi connectivity index (χ3n) is 4.10. The van der Waals surface area contributed by atoms with E-state index in [1.54, 1.807) is 24.8 Å². The first-order chi connectivity index (χ1) is 12.3. The second-order valence-corrected chi connectivity index (χ2v) is 6.41. The summed E-state index contributed by atoms with van der Waals surface area (Å²) in [6.45, 7) is 1.99. The number of non-ortho nitro benzene ring substituents is 1. The minimum atomic E-state index is -0.495. The maximum Gasteiger partial charge on any atom is 0.269 e. The van der Waals surface area contributed by atoms with Crippen LogP contribution >= 0.6 is 11.6 Å². The van der Waals surface area contributed by atoms with Crippen LogP contribution in [0.2, 0.25) is 5.02 Å². The zero-order valence-corrected chi connectivity index (χ0v) is 15.2. The molecule has 8 nitrogen and oxygen atoms in total. The highest BCUT2D eigenvalue weighted by molar-refractivity contribution is 6.31. The molecule has 9 heteroatoms. The number of halogens is 1. The molecule has 0 N–H and O–H groups in total. The molecule has 3 aromatic rings. The second kappa shape index (κ2) is 6.72. The molecule has 1 aromatic carbocycles. The molecule has 1 amide bonds. The molecular weight excluding hydrogens is 358 g/mol. The van der Waals surface area contributed by atoms with Gasteiger partial charge >= 0.3 is 0 Å². The van der Waals surface area contributed by atoms with E-state index < -0.39 is 4.92 Å². The van der Waals surface area contributed by atoms with Gasteiger partial charge in [-0.3, -0.25) is 19.6 Å². The number of hydrogen-bond donors (Lipinski definition) is 0. The van der Waals surface area contributed by atoms with E-state index in [9.17, 15) is 14.9 Å². The number of aryl methyl sites for hydroxylation is 2. The predicted octanol–water partition coefficient (Wildman–Crippen LogP) is 3.11. The summed E-state index contributed by atoms with van der Waals surface area (Å²) < 4.78 is 1.66. The van der Waals surface area contributed by atoms with Crippen molar-refractivity contribution in [3.8, 4) is 0 Å². The van der Waals surface area contributed by atoms with E-state index in [2.05, 4.69) is 10.1 Å². The van der Waals surface area contributed by atoms with Crippen LogP contribution in [0.1, 0.15) is 21.6 Å². The van der Waals surface area contributed by atoms with Crippen molar-refractivity contribution in [1.29, 1.82) is 0 Å². The van der Waals surface area contributed by atoms with Gasteiger partial charge in [0.1, 0.15) is 0 Å². The SMILES string of the molecule is Cc1nn(C)c2ncc(C(=O)N(C)Cc3cc([N+](=O)[O-])ccc3Cl)cc12. The van der Waals surface area contributed by atoms with Crippen LogP contribution in [0.4, 0.5) is 5.69 Å². The van der Waals surface area contributed by atoms with Gasteiger partial charge in [-0.1, -0.05) is 11.6 Å². The highest BCUT2D eigenvalue weighted by Crippen LogP contribution is 2.24. The van der Waals surface area contributed by atoms with E-state index in [1.165, 1.54) is 29.3 Å². The summed E-state index contributed by atoms with van der Waals surface area (Å²) in [5.74, 6) is -0.259. The van der Waals surface area contributed by atoms with E-state index in [0.717, 1.165) is 11.1 Å². The Balaban J connectivity index is 1.87. The van der Waals surface area contributed by atoms with Gasteiger partial charge in [-0.15, -0.1) is 0 Å². The number of aromatic nitrogens is 3. The molecule has 0 aliphatic heterocycles. The zero-order valence-electron chi connectivity index (χ0n) is 14.4. The summed E-state index contributed by atoms with van der Waals surface area (Å²) in [6, 6.07) is 5.91. The summed E-state index contributed by atoms with van der Waals surface area (Å²) in [5, 5.41) is 16.4. The molecule has 0 fully saturated rings. The quantitative estimate of drug-likeness (QED) is 0.517. The molecule has 0 aliphatic rings. The van der Waals surface area contributed by atoms with Gasteiger partial charge in [0.25, 0.3) is 11.6 Å². The number of nitro groups is 1. The fourth-order valence-electron chi connectivity index (χ4n) is 2.77. The Kier molecular flexibility index (Phi) is 4.60. The third kappa shape index (κ3) is 3.23. The van der Waals surface area contributed by atoms with Crippen LogP contribution in [0.25, 0.3) is 11.0 Å².